The molecule has 5 nitrogen and oxygen atoms in total. The second-order valence-corrected chi connectivity index (χ2v) is 4.84. The van der Waals surface area contributed by atoms with Gasteiger partial charge in [0.2, 0.25) is 0 Å². The number of hydrogen-bond acceptors (Lipinski definition) is 4. The van der Waals surface area contributed by atoms with E-state index < -0.39 is 0 Å². The maximum Gasteiger partial charge on any atom is 0.300 e. The minimum atomic E-state index is -0.242. The Balaban J connectivity index is 1.89. The number of aromatic nitrogens is 1. The summed E-state index contributed by atoms with van der Waals surface area (Å²) in [4.78, 5) is 21.8. The summed E-state index contributed by atoms with van der Waals surface area (Å²) >= 11 is 0. The normalized spacial score (nSPS) is 15.3. The van der Waals surface area contributed by atoms with Crippen molar-refractivity contribution in [3.63, 3.8) is 0 Å². The standard InChI is InChI=1S/C15H16N2O3/c1-11-4-6-12(7-5-11)14-13(16-10-19-14)15(18)17-8-2-3-9-20-17/h4-7,10H,2-3,8-9H2,1H3. The van der Waals surface area contributed by atoms with Crippen molar-refractivity contribution in [1.29, 1.82) is 0 Å². The Morgan fingerprint density at radius 2 is 2.05 bits per heavy atom. The van der Waals surface area contributed by atoms with Gasteiger partial charge >= 0.3 is 0 Å². The monoisotopic (exact) mass is 272 g/mol. The van der Waals surface area contributed by atoms with Gasteiger partial charge in [0, 0.05) is 12.1 Å². The first-order valence-electron chi connectivity index (χ1n) is 6.71. The molecular formula is C15H16N2O3. The van der Waals surface area contributed by atoms with Crippen LogP contribution in [0.4, 0.5) is 0 Å². The smallest absolute Gasteiger partial charge is 0.300 e. The molecule has 0 unspecified atom stereocenters. The second kappa shape index (κ2) is 5.46. The summed E-state index contributed by atoms with van der Waals surface area (Å²) in [5.41, 5.74) is 2.30. The zero-order valence-electron chi connectivity index (χ0n) is 11.3. The molecule has 1 aromatic heterocycles. The molecule has 1 fully saturated rings. The fourth-order valence-corrected chi connectivity index (χ4v) is 2.18. The largest absolute Gasteiger partial charge is 0.443 e. The predicted molar refractivity (Wildman–Crippen MR) is 72.9 cm³/mol. The van der Waals surface area contributed by atoms with E-state index in [2.05, 4.69) is 4.98 Å². The molecule has 0 atom stereocenters. The van der Waals surface area contributed by atoms with Gasteiger partial charge in [-0.15, -0.1) is 0 Å². The molecule has 0 saturated carbocycles. The van der Waals surface area contributed by atoms with Gasteiger partial charge in [-0.05, 0) is 19.8 Å². The Hall–Kier alpha value is -2.14. The Morgan fingerprint density at radius 1 is 1.25 bits per heavy atom. The third-order valence-electron chi connectivity index (χ3n) is 3.31. The van der Waals surface area contributed by atoms with Crippen LogP contribution in [-0.2, 0) is 4.84 Å². The number of carbonyl (C=O) groups excluding carboxylic acids is 1. The van der Waals surface area contributed by atoms with Crippen LogP contribution in [0.5, 0.6) is 0 Å². The molecule has 20 heavy (non-hydrogen) atoms. The molecule has 1 amide bonds. The predicted octanol–water partition coefficient (Wildman–Crippen LogP) is 2.82. The van der Waals surface area contributed by atoms with Crippen LogP contribution in [0, 0.1) is 6.92 Å². The van der Waals surface area contributed by atoms with Crippen molar-refractivity contribution in [3.8, 4) is 11.3 Å². The Labute approximate surface area is 117 Å². The Kier molecular flexibility index (Phi) is 3.52. The summed E-state index contributed by atoms with van der Waals surface area (Å²) in [6, 6.07) is 7.79. The average Bonchev–Trinajstić information content (AvgIpc) is 2.97. The summed E-state index contributed by atoms with van der Waals surface area (Å²) in [7, 11) is 0. The van der Waals surface area contributed by atoms with Crippen LogP contribution >= 0.6 is 0 Å². The number of rotatable bonds is 2. The molecule has 1 saturated heterocycles. The molecule has 0 aliphatic carbocycles. The van der Waals surface area contributed by atoms with E-state index in [4.69, 9.17) is 9.25 Å². The molecule has 5 heteroatoms. The van der Waals surface area contributed by atoms with Gasteiger partial charge in [-0.25, -0.2) is 10.0 Å². The third kappa shape index (κ3) is 2.44. The lowest BCUT2D eigenvalue weighted by atomic mass is 10.1. The van der Waals surface area contributed by atoms with Crippen molar-refractivity contribution in [1.82, 2.24) is 10.0 Å². The van der Waals surface area contributed by atoms with E-state index in [9.17, 15) is 4.79 Å². The van der Waals surface area contributed by atoms with Crippen LogP contribution < -0.4 is 0 Å². The summed E-state index contributed by atoms with van der Waals surface area (Å²) in [6.45, 7) is 3.18. The van der Waals surface area contributed by atoms with Gasteiger partial charge in [0.25, 0.3) is 5.91 Å². The molecule has 3 rings (SSSR count). The molecule has 2 heterocycles. The van der Waals surface area contributed by atoms with Crippen molar-refractivity contribution >= 4 is 5.91 Å². The maximum atomic E-state index is 12.4. The molecule has 0 bridgehead atoms. The van der Waals surface area contributed by atoms with E-state index >= 15 is 0 Å². The molecule has 0 radical (unpaired) electrons. The minimum absolute atomic E-state index is 0.242. The van der Waals surface area contributed by atoms with Crippen LogP contribution in [0.2, 0.25) is 0 Å². The van der Waals surface area contributed by atoms with Crippen LogP contribution in [0.1, 0.15) is 28.9 Å². The number of amides is 1. The molecule has 1 aliphatic heterocycles. The molecule has 0 N–H and O–H groups in total. The molecule has 1 aliphatic rings. The number of hydrogen-bond donors (Lipinski definition) is 0. The topological polar surface area (TPSA) is 55.6 Å². The molecule has 2 aromatic rings. The number of benzene rings is 1. The van der Waals surface area contributed by atoms with Crippen LogP contribution in [0.3, 0.4) is 0 Å². The number of hydroxylamine groups is 2. The van der Waals surface area contributed by atoms with E-state index in [0.717, 1.165) is 24.0 Å². The minimum Gasteiger partial charge on any atom is -0.443 e. The summed E-state index contributed by atoms with van der Waals surface area (Å²) in [5, 5.41) is 1.37. The quantitative estimate of drug-likeness (QED) is 0.843. The maximum absolute atomic E-state index is 12.4. The zero-order valence-corrected chi connectivity index (χ0v) is 11.3. The van der Waals surface area contributed by atoms with Gasteiger partial charge in [-0.2, -0.15) is 0 Å². The van der Waals surface area contributed by atoms with Gasteiger partial charge in [-0.3, -0.25) is 9.63 Å². The summed E-state index contributed by atoms with van der Waals surface area (Å²) in [6.07, 6.45) is 3.23. The van der Waals surface area contributed by atoms with Crippen LogP contribution in [-0.4, -0.2) is 29.1 Å². The lowest BCUT2D eigenvalue weighted by molar-refractivity contribution is -0.144. The lowest BCUT2D eigenvalue weighted by Gasteiger charge is -2.25. The van der Waals surface area contributed by atoms with E-state index in [1.165, 1.54) is 11.5 Å². The third-order valence-corrected chi connectivity index (χ3v) is 3.31. The zero-order chi connectivity index (χ0) is 13.9. The number of carbonyl (C=O) groups is 1. The van der Waals surface area contributed by atoms with E-state index in [1.54, 1.807) is 0 Å². The highest BCUT2D eigenvalue weighted by atomic mass is 16.7. The second-order valence-electron chi connectivity index (χ2n) is 4.84. The summed E-state index contributed by atoms with van der Waals surface area (Å²) < 4.78 is 5.39. The van der Waals surface area contributed by atoms with Crippen LogP contribution in [0.15, 0.2) is 35.1 Å². The molecule has 0 spiro atoms. The SMILES string of the molecule is Cc1ccc(-c2ocnc2C(=O)N2CCCCO2)cc1. The average molecular weight is 272 g/mol. The first-order valence-corrected chi connectivity index (χ1v) is 6.71. The molecule has 1 aromatic carbocycles. The van der Waals surface area contributed by atoms with Crippen molar-refractivity contribution in [2.24, 2.45) is 0 Å². The molecular weight excluding hydrogens is 256 g/mol. The van der Waals surface area contributed by atoms with Crippen molar-refractivity contribution in [2.75, 3.05) is 13.2 Å². The van der Waals surface area contributed by atoms with Crippen molar-refractivity contribution in [2.45, 2.75) is 19.8 Å². The highest BCUT2D eigenvalue weighted by Gasteiger charge is 2.25. The van der Waals surface area contributed by atoms with E-state index in [-0.39, 0.29) is 5.91 Å². The van der Waals surface area contributed by atoms with Gasteiger partial charge in [0.05, 0.1) is 6.61 Å². The number of aryl methyl sites for hydroxylation is 1. The first kappa shape index (κ1) is 12.9. The van der Waals surface area contributed by atoms with Gasteiger partial charge in [0.1, 0.15) is 0 Å². The Morgan fingerprint density at radius 3 is 2.75 bits per heavy atom. The number of oxazole rings is 1. The van der Waals surface area contributed by atoms with Gasteiger partial charge < -0.3 is 4.42 Å². The molecule has 104 valence electrons. The van der Waals surface area contributed by atoms with Gasteiger partial charge in [-0.1, -0.05) is 29.8 Å². The van der Waals surface area contributed by atoms with E-state index in [1.807, 2.05) is 31.2 Å². The fraction of sp³-hybridized carbons (Fsp3) is 0.333. The Bertz CT molecular complexity index is 598. The highest BCUT2D eigenvalue weighted by Crippen LogP contribution is 2.25. The number of nitrogens with zero attached hydrogens (tertiary/aromatic N) is 2. The highest BCUT2D eigenvalue weighted by molar-refractivity contribution is 5.97. The van der Waals surface area contributed by atoms with E-state index in [0.29, 0.717) is 24.6 Å². The summed E-state index contributed by atoms with van der Waals surface area (Å²) in [5.74, 6) is 0.248. The lowest BCUT2D eigenvalue weighted by Crippen LogP contribution is -2.36. The van der Waals surface area contributed by atoms with Crippen LogP contribution in [0.25, 0.3) is 11.3 Å². The van der Waals surface area contributed by atoms with Crippen molar-refractivity contribution in [3.05, 3.63) is 41.9 Å². The van der Waals surface area contributed by atoms with Gasteiger partial charge in [0.15, 0.2) is 17.8 Å². The van der Waals surface area contributed by atoms with Crippen molar-refractivity contribution < 1.29 is 14.0 Å². The first-order chi connectivity index (χ1) is 9.75. The fourth-order valence-electron chi connectivity index (χ4n) is 2.18.